The maximum atomic E-state index is 11.0. The van der Waals surface area contributed by atoms with Crippen molar-refractivity contribution in [3.63, 3.8) is 0 Å². The van der Waals surface area contributed by atoms with E-state index in [0.717, 1.165) is 19.4 Å². The number of hydrogen-bond donors (Lipinski definition) is 1. The van der Waals surface area contributed by atoms with Gasteiger partial charge in [-0.2, -0.15) is 0 Å². The van der Waals surface area contributed by atoms with Crippen LogP contribution in [0.25, 0.3) is 0 Å². The van der Waals surface area contributed by atoms with Gasteiger partial charge >= 0.3 is 0 Å². The molecule has 0 aliphatic rings. The van der Waals surface area contributed by atoms with Crippen molar-refractivity contribution in [2.24, 2.45) is 0 Å². The van der Waals surface area contributed by atoms with Crippen molar-refractivity contribution in [2.75, 3.05) is 27.2 Å². The van der Waals surface area contributed by atoms with Crippen LogP contribution in [0.15, 0.2) is 0 Å². The van der Waals surface area contributed by atoms with Crippen molar-refractivity contribution in [3.8, 4) is 0 Å². The van der Waals surface area contributed by atoms with E-state index in [-0.39, 0.29) is 5.91 Å². The van der Waals surface area contributed by atoms with Gasteiger partial charge in [-0.3, -0.25) is 4.79 Å². The summed E-state index contributed by atoms with van der Waals surface area (Å²) in [5, 5.41) is 2.79. The minimum atomic E-state index is 0.0865. The quantitative estimate of drug-likeness (QED) is 0.581. The smallest absolute Gasteiger partial charge is 0.234 e. The average Bonchev–Trinajstić information content (AvgIpc) is 1.86. The van der Waals surface area contributed by atoms with Crippen molar-refractivity contribution in [1.82, 2.24) is 10.2 Å². The number of carbonyl (C=O) groups is 1. The standard InChI is InChI=1S/C8H17N2O/c1-4-5-6-9-8(11)7-10(2)3/h1,4-7H2,2-3H3,(H,9,11). The summed E-state index contributed by atoms with van der Waals surface area (Å²) < 4.78 is 0. The van der Waals surface area contributed by atoms with Crippen LogP contribution < -0.4 is 5.32 Å². The summed E-state index contributed by atoms with van der Waals surface area (Å²) in [6.07, 6.45) is 1.83. The molecule has 65 valence electrons. The van der Waals surface area contributed by atoms with Crippen molar-refractivity contribution in [2.45, 2.75) is 12.8 Å². The van der Waals surface area contributed by atoms with Gasteiger partial charge in [-0.05, 0) is 20.5 Å². The number of nitrogens with zero attached hydrogens (tertiary/aromatic N) is 1. The highest BCUT2D eigenvalue weighted by molar-refractivity contribution is 5.77. The molecule has 11 heavy (non-hydrogen) atoms. The normalized spacial score (nSPS) is 10.2. The van der Waals surface area contributed by atoms with Gasteiger partial charge in [0.1, 0.15) is 0 Å². The lowest BCUT2D eigenvalue weighted by atomic mass is 10.3. The Hall–Kier alpha value is -0.570. The molecule has 1 radical (unpaired) electrons. The number of likely N-dealkylation sites (N-methyl/N-ethyl adjacent to an activating group) is 1. The molecule has 0 unspecified atom stereocenters. The summed E-state index contributed by atoms with van der Waals surface area (Å²) in [6.45, 7) is 4.90. The van der Waals surface area contributed by atoms with Gasteiger partial charge in [0.05, 0.1) is 6.54 Å². The molecular weight excluding hydrogens is 140 g/mol. The van der Waals surface area contributed by atoms with E-state index in [0.29, 0.717) is 6.54 Å². The molecule has 0 bridgehead atoms. The van der Waals surface area contributed by atoms with Crippen LogP contribution in [0, 0.1) is 6.92 Å². The second-order valence-corrected chi connectivity index (χ2v) is 2.79. The van der Waals surface area contributed by atoms with Gasteiger partial charge in [0.25, 0.3) is 0 Å². The summed E-state index contributed by atoms with van der Waals surface area (Å²) in [6, 6.07) is 0. The van der Waals surface area contributed by atoms with Crippen LogP contribution in [0.3, 0.4) is 0 Å². The third-order valence-electron chi connectivity index (χ3n) is 1.21. The van der Waals surface area contributed by atoms with Crippen LogP contribution in [-0.2, 0) is 4.79 Å². The Balaban J connectivity index is 3.23. The first-order chi connectivity index (χ1) is 5.16. The summed E-state index contributed by atoms with van der Waals surface area (Å²) >= 11 is 0. The fourth-order valence-electron chi connectivity index (χ4n) is 0.696. The predicted octanol–water partition coefficient (Wildman–Crippen LogP) is 0.278. The van der Waals surface area contributed by atoms with Gasteiger partial charge < -0.3 is 10.2 Å². The molecule has 0 aliphatic carbocycles. The van der Waals surface area contributed by atoms with E-state index in [1.165, 1.54) is 0 Å². The fraction of sp³-hybridized carbons (Fsp3) is 0.750. The molecule has 0 atom stereocenters. The second kappa shape index (κ2) is 6.16. The molecular formula is C8H17N2O. The maximum Gasteiger partial charge on any atom is 0.234 e. The summed E-state index contributed by atoms with van der Waals surface area (Å²) in [4.78, 5) is 12.8. The molecule has 0 rings (SSSR count). The number of rotatable bonds is 5. The third-order valence-corrected chi connectivity index (χ3v) is 1.21. The minimum Gasteiger partial charge on any atom is -0.355 e. The highest BCUT2D eigenvalue weighted by Crippen LogP contribution is 1.82. The van der Waals surface area contributed by atoms with Crippen molar-refractivity contribution >= 4 is 5.91 Å². The summed E-state index contributed by atoms with van der Waals surface area (Å²) in [7, 11) is 3.75. The summed E-state index contributed by atoms with van der Waals surface area (Å²) in [5.41, 5.74) is 0. The van der Waals surface area contributed by atoms with Crippen LogP contribution in [0.4, 0.5) is 0 Å². The predicted molar refractivity (Wildman–Crippen MR) is 46.2 cm³/mol. The number of amides is 1. The zero-order valence-electron chi connectivity index (χ0n) is 7.39. The third kappa shape index (κ3) is 7.33. The first-order valence-corrected chi connectivity index (χ1v) is 3.87. The van der Waals surface area contributed by atoms with Crippen LogP contribution in [0.1, 0.15) is 12.8 Å². The van der Waals surface area contributed by atoms with E-state index in [1.807, 2.05) is 19.0 Å². The van der Waals surface area contributed by atoms with Gasteiger partial charge in [-0.15, -0.1) is 0 Å². The second-order valence-electron chi connectivity index (χ2n) is 2.79. The van der Waals surface area contributed by atoms with Crippen LogP contribution in [0.5, 0.6) is 0 Å². The average molecular weight is 157 g/mol. The van der Waals surface area contributed by atoms with Gasteiger partial charge in [0.2, 0.25) is 5.91 Å². The SMILES string of the molecule is [CH2]CCCNC(=O)CN(C)C. The molecule has 1 amide bonds. The monoisotopic (exact) mass is 157 g/mol. The van der Waals surface area contributed by atoms with E-state index in [9.17, 15) is 4.79 Å². The van der Waals surface area contributed by atoms with E-state index in [2.05, 4.69) is 12.2 Å². The molecule has 3 nitrogen and oxygen atoms in total. The van der Waals surface area contributed by atoms with Gasteiger partial charge in [0, 0.05) is 6.54 Å². The minimum absolute atomic E-state index is 0.0865. The Bertz CT molecular complexity index is 113. The van der Waals surface area contributed by atoms with E-state index < -0.39 is 0 Å². The molecule has 1 N–H and O–H groups in total. The van der Waals surface area contributed by atoms with E-state index >= 15 is 0 Å². The molecule has 3 heteroatoms. The van der Waals surface area contributed by atoms with E-state index in [1.54, 1.807) is 0 Å². The lowest BCUT2D eigenvalue weighted by molar-refractivity contribution is -0.121. The van der Waals surface area contributed by atoms with Crippen molar-refractivity contribution in [3.05, 3.63) is 6.92 Å². The van der Waals surface area contributed by atoms with Gasteiger partial charge in [-0.1, -0.05) is 13.3 Å². The van der Waals surface area contributed by atoms with Crippen LogP contribution in [0.2, 0.25) is 0 Å². The molecule has 0 saturated heterocycles. The first kappa shape index (κ1) is 10.4. The Kier molecular flexibility index (Phi) is 5.84. The number of hydrogen-bond acceptors (Lipinski definition) is 2. The molecule has 0 aliphatic heterocycles. The highest BCUT2D eigenvalue weighted by atomic mass is 16.1. The lowest BCUT2D eigenvalue weighted by Crippen LogP contribution is -2.33. The molecule has 0 saturated carbocycles. The van der Waals surface area contributed by atoms with Crippen LogP contribution >= 0.6 is 0 Å². The molecule has 0 aromatic heterocycles. The fourth-order valence-corrected chi connectivity index (χ4v) is 0.696. The Morgan fingerprint density at radius 1 is 1.55 bits per heavy atom. The zero-order valence-corrected chi connectivity index (χ0v) is 7.39. The Labute approximate surface area is 68.8 Å². The van der Waals surface area contributed by atoms with E-state index in [4.69, 9.17) is 0 Å². The first-order valence-electron chi connectivity index (χ1n) is 3.87. The van der Waals surface area contributed by atoms with Crippen molar-refractivity contribution in [1.29, 1.82) is 0 Å². The molecule has 0 aromatic rings. The molecule has 0 heterocycles. The molecule has 0 aromatic carbocycles. The van der Waals surface area contributed by atoms with Gasteiger partial charge in [0.15, 0.2) is 0 Å². The number of carbonyl (C=O) groups excluding carboxylic acids is 1. The molecule has 0 spiro atoms. The van der Waals surface area contributed by atoms with Crippen molar-refractivity contribution < 1.29 is 4.79 Å². The Morgan fingerprint density at radius 2 is 2.18 bits per heavy atom. The highest BCUT2D eigenvalue weighted by Gasteiger charge is 1.99. The van der Waals surface area contributed by atoms with Gasteiger partial charge in [-0.25, -0.2) is 0 Å². The zero-order chi connectivity index (χ0) is 8.69. The number of unbranched alkanes of at least 4 members (excludes halogenated alkanes) is 1. The topological polar surface area (TPSA) is 32.3 Å². The number of nitrogens with one attached hydrogen (secondary N) is 1. The Morgan fingerprint density at radius 3 is 2.64 bits per heavy atom. The van der Waals surface area contributed by atoms with Crippen LogP contribution in [-0.4, -0.2) is 38.0 Å². The molecule has 0 fully saturated rings. The maximum absolute atomic E-state index is 11.0. The lowest BCUT2D eigenvalue weighted by Gasteiger charge is -2.09. The summed E-state index contributed by atoms with van der Waals surface area (Å²) in [5.74, 6) is 0.0865. The largest absolute Gasteiger partial charge is 0.355 e.